The maximum absolute atomic E-state index is 11.9. The molecule has 0 aromatic carbocycles. The molecule has 1 N–H and O–H groups in total. The molecule has 0 saturated carbocycles. The van der Waals surface area contributed by atoms with Crippen LogP contribution >= 0.6 is 0 Å². The number of anilines is 1. The molecule has 0 spiro atoms. The van der Waals surface area contributed by atoms with Crippen molar-refractivity contribution >= 4 is 11.8 Å². The van der Waals surface area contributed by atoms with E-state index in [2.05, 4.69) is 19.8 Å². The van der Waals surface area contributed by atoms with Gasteiger partial charge in [-0.2, -0.15) is 0 Å². The predicted molar refractivity (Wildman–Crippen MR) is 79.3 cm³/mol. The fraction of sp³-hybridized carbons (Fsp3) is 0.667. The molecule has 0 bridgehead atoms. The van der Waals surface area contributed by atoms with Crippen LogP contribution in [0.4, 0.5) is 5.82 Å². The Morgan fingerprint density at radius 2 is 2.24 bits per heavy atom. The van der Waals surface area contributed by atoms with E-state index in [1.807, 2.05) is 20.0 Å². The lowest BCUT2D eigenvalue weighted by atomic mass is 9.68. The molecule has 1 aromatic rings. The molecule has 2 atom stereocenters. The highest BCUT2D eigenvalue weighted by Gasteiger charge is 2.52. The van der Waals surface area contributed by atoms with Crippen LogP contribution in [0.2, 0.25) is 0 Å². The number of aliphatic carboxylic acids is 1. The van der Waals surface area contributed by atoms with Crippen molar-refractivity contribution in [2.45, 2.75) is 32.2 Å². The minimum Gasteiger partial charge on any atom is -0.481 e. The standard InChI is InChI=1S/C15H22N4O2/c1-11-16-7-4-13(17-11)19-9-6-15(14(20)21)5-3-8-18(2)12(15)10-19/h4,7,12H,3,5-6,8-10H2,1-2H3,(H,20,21)/t12-,15+/m1/s1. The van der Waals surface area contributed by atoms with Gasteiger partial charge in [0.25, 0.3) is 0 Å². The Balaban J connectivity index is 1.87. The monoisotopic (exact) mass is 290 g/mol. The van der Waals surface area contributed by atoms with Crippen LogP contribution in [-0.4, -0.2) is 58.7 Å². The Morgan fingerprint density at radius 3 is 2.95 bits per heavy atom. The molecule has 2 fully saturated rings. The molecule has 6 heteroatoms. The van der Waals surface area contributed by atoms with E-state index >= 15 is 0 Å². The Hall–Kier alpha value is -1.69. The van der Waals surface area contributed by atoms with E-state index in [1.165, 1.54) is 0 Å². The van der Waals surface area contributed by atoms with E-state index in [4.69, 9.17) is 0 Å². The highest BCUT2D eigenvalue weighted by atomic mass is 16.4. The van der Waals surface area contributed by atoms with E-state index in [1.54, 1.807) is 6.20 Å². The number of hydrogen-bond donors (Lipinski definition) is 1. The quantitative estimate of drug-likeness (QED) is 0.881. The molecule has 3 rings (SSSR count). The number of likely N-dealkylation sites (tertiary alicyclic amines) is 1. The summed E-state index contributed by atoms with van der Waals surface area (Å²) in [5, 5.41) is 9.77. The molecule has 114 valence electrons. The summed E-state index contributed by atoms with van der Waals surface area (Å²) in [5.74, 6) is 1.01. The van der Waals surface area contributed by atoms with Crippen molar-refractivity contribution in [3.05, 3.63) is 18.1 Å². The molecule has 21 heavy (non-hydrogen) atoms. The van der Waals surface area contributed by atoms with Gasteiger partial charge >= 0.3 is 5.97 Å². The van der Waals surface area contributed by atoms with Crippen LogP contribution in [0.15, 0.2) is 12.3 Å². The molecule has 3 heterocycles. The van der Waals surface area contributed by atoms with Crippen molar-refractivity contribution < 1.29 is 9.90 Å². The summed E-state index contributed by atoms with van der Waals surface area (Å²) in [4.78, 5) is 24.9. The second kappa shape index (κ2) is 5.26. The van der Waals surface area contributed by atoms with Crippen molar-refractivity contribution in [1.29, 1.82) is 0 Å². The van der Waals surface area contributed by atoms with E-state index in [9.17, 15) is 9.90 Å². The van der Waals surface area contributed by atoms with E-state index in [0.29, 0.717) is 6.42 Å². The third-order valence-corrected chi connectivity index (χ3v) is 5.04. The fourth-order valence-electron chi connectivity index (χ4n) is 3.81. The number of nitrogens with zero attached hydrogens (tertiary/aromatic N) is 4. The fourth-order valence-corrected chi connectivity index (χ4v) is 3.81. The summed E-state index contributed by atoms with van der Waals surface area (Å²) in [6, 6.07) is 1.96. The molecule has 2 aliphatic heterocycles. The Labute approximate surface area is 124 Å². The second-order valence-electron chi connectivity index (χ2n) is 6.22. The summed E-state index contributed by atoms with van der Waals surface area (Å²) in [5.41, 5.74) is -0.592. The van der Waals surface area contributed by atoms with Crippen molar-refractivity contribution in [2.75, 3.05) is 31.6 Å². The number of piperidine rings is 2. The number of aromatic nitrogens is 2. The Kier molecular flexibility index (Phi) is 3.57. The van der Waals surface area contributed by atoms with Gasteiger partial charge in [0.2, 0.25) is 0 Å². The van der Waals surface area contributed by atoms with Gasteiger partial charge in [0.15, 0.2) is 0 Å². The average Bonchev–Trinajstić information content (AvgIpc) is 2.47. The van der Waals surface area contributed by atoms with E-state index in [-0.39, 0.29) is 6.04 Å². The number of carboxylic acids is 1. The molecule has 0 amide bonds. The van der Waals surface area contributed by atoms with Crippen LogP contribution in [0.3, 0.4) is 0 Å². The summed E-state index contributed by atoms with van der Waals surface area (Å²) in [6.45, 7) is 4.31. The first-order valence-electron chi connectivity index (χ1n) is 7.51. The zero-order chi connectivity index (χ0) is 15.0. The van der Waals surface area contributed by atoms with Gasteiger partial charge < -0.3 is 14.9 Å². The van der Waals surface area contributed by atoms with Crippen LogP contribution in [0.25, 0.3) is 0 Å². The lowest BCUT2D eigenvalue weighted by Gasteiger charge is -2.52. The number of fused-ring (bicyclic) bond motifs is 1. The molecular weight excluding hydrogens is 268 g/mol. The zero-order valence-electron chi connectivity index (χ0n) is 12.6. The zero-order valence-corrected chi connectivity index (χ0v) is 12.6. The molecule has 6 nitrogen and oxygen atoms in total. The predicted octanol–water partition coefficient (Wildman–Crippen LogP) is 1.16. The first-order valence-corrected chi connectivity index (χ1v) is 7.51. The average molecular weight is 290 g/mol. The van der Waals surface area contributed by atoms with Crippen LogP contribution in [0.5, 0.6) is 0 Å². The van der Waals surface area contributed by atoms with Crippen molar-refractivity contribution in [1.82, 2.24) is 14.9 Å². The van der Waals surface area contributed by atoms with Gasteiger partial charge in [0.05, 0.1) is 5.41 Å². The lowest BCUT2D eigenvalue weighted by molar-refractivity contribution is -0.158. The van der Waals surface area contributed by atoms with Crippen LogP contribution < -0.4 is 4.90 Å². The highest BCUT2D eigenvalue weighted by molar-refractivity contribution is 5.76. The van der Waals surface area contributed by atoms with E-state index < -0.39 is 11.4 Å². The molecule has 0 radical (unpaired) electrons. The third-order valence-electron chi connectivity index (χ3n) is 5.04. The number of likely N-dealkylation sites (N-methyl/N-ethyl adjacent to an activating group) is 1. The normalized spacial score (nSPS) is 30.0. The Morgan fingerprint density at radius 1 is 1.43 bits per heavy atom. The number of carbonyl (C=O) groups is 1. The van der Waals surface area contributed by atoms with Gasteiger partial charge in [-0.15, -0.1) is 0 Å². The number of carboxylic acid groups (broad SMARTS) is 1. The third kappa shape index (κ3) is 2.37. The minimum absolute atomic E-state index is 0.0489. The molecule has 1 aromatic heterocycles. The van der Waals surface area contributed by atoms with Crippen LogP contribution in [0.1, 0.15) is 25.1 Å². The summed E-state index contributed by atoms with van der Waals surface area (Å²) >= 11 is 0. The maximum atomic E-state index is 11.9. The molecular formula is C15H22N4O2. The summed E-state index contributed by atoms with van der Waals surface area (Å²) in [6.07, 6.45) is 4.20. The largest absolute Gasteiger partial charge is 0.481 e. The second-order valence-corrected chi connectivity index (χ2v) is 6.22. The van der Waals surface area contributed by atoms with Crippen LogP contribution in [0, 0.1) is 12.3 Å². The molecule has 0 unspecified atom stereocenters. The van der Waals surface area contributed by atoms with Gasteiger partial charge in [0.1, 0.15) is 11.6 Å². The van der Waals surface area contributed by atoms with Crippen molar-refractivity contribution in [3.63, 3.8) is 0 Å². The lowest BCUT2D eigenvalue weighted by Crippen LogP contribution is -2.63. The smallest absolute Gasteiger partial charge is 0.311 e. The maximum Gasteiger partial charge on any atom is 0.311 e. The van der Waals surface area contributed by atoms with Gasteiger partial charge in [0, 0.05) is 25.3 Å². The van der Waals surface area contributed by atoms with Crippen molar-refractivity contribution in [3.8, 4) is 0 Å². The van der Waals surface area contributed by atoms with Crippen molar-refractivity contribution in [2.24, 2.45) is 5.41 Å². The summed E-state index contributed by atoms with van der Waals surface area (Å²) in [7, 11) is 2.04. The Bertz CT molecular complexity index is 550. The van der Waals surface area contributed by atoms with Gasteiger partial charge in [-0.1, -0.05) is 0 Å². The van der Waals surface area contributed by atoms with Gasteiger partial charge in [-0.05, 0) is 45.8 Å². The number of hydrogen-bond acceptors (Lipinski definition) is 5. The van der Waals surface area contributed by atoms with Gasteiger partial charge in [-0.25, -0.2) is 9.97 Å². The topological polar surface area (TPSA) is 69.6 Å². The number of aryl methyl sites for hydroxylation is 1. The highest BCUT2D eigenvalue weighted by Crippen LogP contribution is 2.42. The summed E-state index contributed by atoms with van der Waals surface area (Å²) < 4.78 is 0. The van der Waals surface area contributed by atoms with Gasteiger partial charge in [-0.3, -0.25) is 4.79 Å². The molecule has 2 saturated heterocycles. The minimum atomic E-state index is -0.641. The first-order chi connectivity index (χ1) is 10.0. The molecule has 2 aliphatic rings. The SMILES string of the molecule is Cc1nccc(N2CC[C@@]3(C(=O)O)CCCN(C)[C@@H]3C2)n1. The van der Waals surface area contributed by atoms with E-state index in [0.717, 1.165) is 44.1 Å². The van der Waals surface area contributed by atoms with Crippen LogP contribution in [-0.2, 0) is 4.79 Å². The first kappa shape index (κ1) is 14.3. The number of rotatable bonds is 2. The molecule has 0 aliphatic carbocycles.